The third kappa shape index (κ3) is 5.18. The van der Waals surface area contributed by atoms with E-state index in [0.717, 1.165) is 22.3 Å². The summed E-state index contributed by atoms with van der Waals surface area (Å²) in [6, 6.07) is 66.4. The molecule has 4 heteroatoms. The van der Waals surface area contributed by atoms with E-state index in [1.54, 1.807) is 11.3 Å². The van der Waals surface area contributed by atoms with E-state index in [1.165, 1.54) is 36.9 Å². The minimum Gasteiger partial charge on any atom is -0.208 e. The highest BCUT2D eigenvalue weighted by Crippen LogP contribution is 2.45. The lowest BCUT2D eigenvalue weighted by Crippen LogP contribution is -2.30. The van der Waals surface area contributed by atoms with Crippen LogP contribution in [0.3, 0.4) is 0 Å². The molecular formula is C46H31N3S. The fourth-order valence-electron chi connectivity index (χ4n) is 7.15. The van der Waals surface area contributed by atoms with Crippen LogP contribution in [0.25, 0.3) is 54.3 Å². The molecule has 0 spiro atoms. The summed E-state index contributed by atoms with van der Waals surface area (Å²) in [6.45, 7) is 0. The van der Waals surface area contributed by atoms with Crippen LogP contribution < -0.4 is 0 Å². The molecule has 2 heterocycles. The molecular weight excluding hydrogens is 627 g/mol. The quantitative estimate of drug-likeness (QED) is 0.160. The number of fused-ring (bicyclic) bond motifs is 3. The van der Waals surface area contributed by atoms with Gasteiger partial charge in [-0.1, -0.05) is 176 Å². The highest BCUT2D eigenvalue weighted by Gasteiger charge is 2.38. The molecule has 0 saturated heterocycles. The maximum absolute atomic E-state index is 5.11. The van der Waals surface area contributed by atoms with E-state index < -0.39 is 5.41 Å². The van der Waals surface area contributed by atoms with Gasteiger partial charge in [-0.3, -0.25) is 0 Å². The average molecular weight is 658 g/mol. The Morgan fingerprint density at radius 2 is 0.720 bits per heavy atom. The van der Waals surface area contributed by atoms with Gasteiger partial charge in [-0.25, -0.2) is 15.0 Å². The molecule has 0 aliphatic rings. The summed E-state index contributed by atoms with van der Waals surface area (Å²) in [7, 11) is 0. The summed E-state index contributed by atoms with van der Waals surface area (Å²) in [6.07, 6.45) is 0. The molecule has 0 saturated carbocycles. The Labute approximate surface area is 295 Å². The second kappa shape index (κ2) is 12.7. The molecule has 3 nitrogen and oxygen atoms in total. The number of benzene rings is 7. The predicted octanol–water partition coefficient (Wildman–Crippen LogP) is 11.6. The molecule has 0 amide bonds. The van der Waals surface area contributed by atoms with E-state index in [0.29, 0.717) is 17.5 Å². The summed E-state index contributed by atoms with van der Waals surface area (Å²) in [4.78, 5) is 15.2. The maximum Gasteiger partial charge on any atom is 0.164 e. The molecule has 7 aromatic carbocycles. The summed E-state index contributed by atoms with van der Waals surface area (Å²) >= 11 is 1.80. The van der Waals surface area contributed by atoms with Crippen LogP contribution >= 0.6 is 11.3 Å². The molecule has 0 N–H and O–H groups in total. The number of rotatable bonds is 7. The second-order valence-electron chi connectivity index (χ2n) is 12.4. The van der Waals surface area contributed by atoms with Crippen LogP contribution in [0.5, 0.6) is 0 Å². The highest BCUT2D eigenvalue weighted by molar-refractivity contribution is 7.25. The van der Waals surface area contributed by atoms with E-state index in [1.807, 2.05) is 18.2 Å². The minimum atomic E-state index is -0.526. The molecule has 0 aliphatic heterocycles. The first-order valence-corrected chi connectivity index (χ1v) is 17.6. The number of thiophene rings is 1. The predicted molar refractivity (Wildman–Crippen MR) is 207 cm³/mol. The summed E-state index contributed by atoms with van der Waals surface area (Å²) in [5.41, 5.74) is 7.10. The largest absolute Gasteiger partial charge is 0.208 e. The van der Waals surface area contributed by atoms with Crippen molar-refractivity contribution in [2.75, 3.05) is 0 Å². The maximum atomic E-state index is 5.11. The number of nitrogens with zero attached hydrogens (tertiary/aromatic N) is 3. The summed E-state index contributed by atoms with van der Waals surface area (Å²) < 4.78 is 2.49. The molecule has 236 valence electrons. The van der Waals surface area contributed by atoms with Gasteiger partial charge in [0.25, 0.3) is 0 Å². The Morgan fingerprint density at radius 1 is 0.320 bits per heavy atom. The summed E-state index contributed by atoms with van der Waals surface area (Å²) in [5.74, 6) is 1.95. The second-order valence-corrected chi connectivity index (χ2v) is 13.5. The van der Waals surface area contributed by atoms with Gasteiger partial charge < -0.3 is 0 Å². The monoisotopic (exact) mass is 657 g/mol. The fourth-order valence-corrected chi connectivity index (χ4v) is 8.29. The topological polar surface area (TPSA) is 38.7 Å². The van der Waals surface area contributed by atoms with E-state index >= 15 is 0 Å². The SMILES string of the molecule is c1ccc(-c2nc(-c3ccc(C(c4ccccc4)(c4ccccc4)c4ccccc4)cc3)nc(-c3ccc4c(c3)sc3ccccc34)n2)cc1. The van der Waals surface area contributed by atoms with E-state index in [-0.39, 0.29) is 0 Å². The third-order valence-electron chi connectivity index (χ3n) is 9.50. The lowest BCUT2D eigenvalue weighted by molar-refractivity contribution is 0.745. The lowest BCUT2D eigenvalue weighted by atomic mass is 9.65. The fraction of sp³-hybridized carbons (Fsp3) is 0.0217. The third-order valence-corrected chi connectivity index (χ3v) is 10.6. The van der Waals surface area contributed by atoms with Crippen molar-refractivity contribution in [3.8, 4) is 34.2 Å². The van der Waals surface area contributed by atoms with Gasteiger partial charge in [0.05, 0.1) is 5.41 Å². The van der Waals surface area contributed by atoms with Crippen molar-refractivity contribution in [1.29, 1.82) is 0 Å². The van der Waals surface area contributed by atoms with Crippen molar-refractivity contribution >= 4 is 31.5 Å². The summed E-state index contributed by atoms with van der Waals surface area (Å²) in [5, 5.41) is 2.53. The van der Waals surface area contributed by atoms with Gasteiger partial charge in [0.1, 0.15) is 0 Å². The van der Waals surface area contributed by atoms with E-state index in [2.05, 4.69) is 170 Å². The van der Waals surface area contributed by atoms with Gasteiger partial charge in [0, 0.05) is 36.9 Å². The Hall–Kier alpha value is -6.23. The average Bonchev–Trinajstić information content (AvgIpc) is 3.58. The number of aromatic nitrogens is 3. The molecule has 0 aliphatic carbocycles. The van der Waals surface area contributed by atoms with Crippen molar-refractivity contribution in [3.05, 3.63) is 210 Å². The van der Waals surface area contributed by atoms with Gasteiger partial charge in [-0.15, -0.1) is 11.3 Å². The Morgan fingerprint density at radius 3 is 1.28 bits per heavy atom. The van der Waals surface area contributed by atoms with Crippen LogP contribution in [0.15, 0.2) is 188 Å². The highest BCUT2D eigenvalue weighted by atomic mass is 32.1. The van der Waals surface area contributed by atoms with Gasteiger partial charge in [-0.2, -0.15) is 0 Å². The number of hydrogen-bond donors (Lipinski definition) is 0. The van der Waals surface area contributed by atoms with Crippen LogP contribution in [-0.4, -0.2) is 15.0 Å². The van der Waals surface area contributed by atoms with Gasteiger partial charge in [-0.05, 0) is 34.4 Å². The Kier molecular flexibility index (Phi) is 7.57. The zero-order valence-electron chi connectivity index (χ0n) is 27.1. The van der Waals surface area contributed by atoms with E-state index in [4.69, 9.17) is 15.0 Å². The Bertz CT molecular complexity index is 2470. The molecule has 0 fully saturated rings. The van der Waals surface area contributed by atoms with Crippen molar-refractivity contribution in [2.24, 2.45) is 0 Å². The molecule has 0 unspecified atom stereocenters. The van der Waals surface area contributed by atoms with Gasteiger partial charge in [0.15, 0.2) is 17.5 Å². The standard InChI is InChI=1S/C46H31N3S/c1-5-15-32(16-6-1)43-47-44(49-45(48-43)34-27-30-40-39-23-13-14-24-41(39)50-42(40)31-34)33-25-28-38(29-26-33)46(35-17-7-2-8-18-35,36-19-9-3-10-20-36)37-21-11-4-12-22-37/h1-31H. The van der Waals surface area contributed by atoms with Crippen molar-refractivity contribution in [1.82, 2.24) is 15.0 Å². The first-order chi connectivity index (χ1) is 24.8. The zero-order chi connectivity index (χ0) is 33.3. The normalized spacial score (nSPS) is 11.6. The van der Waals surface area contributed by atoms with Crippen molar-refractivity contribution in [3.63, 3.8) is 0 Å². The molecule has 0 bridgehead atoms. The molecule has 50 heavy (non-hydrogen) atoms. The molecule has 9 aromatic rings. The van der Waals surface area contributed by atoms with Gasteiger partial charge >= 0.3 is 0 Å². The lowest BCUT2D eigenvalue weighted by Gasteiger charge is -2.37. The van der Waals surface area contributed by atoms with Crippen molar-refractivity contribution < 1.29 is 0 Å². The van der Waals surface area contributed by atoms with Crippen LogP contribution in [0.2, 0.25) is 0 Å². The number of hydrogen-bond acceptors (Lipinski definition) is 4. The first-order valence-electron chi connectivity index (χ1n) is 16.8. The van der Waals surface area contributed by atoms with Gasteiger partial charge in [0.2, 0.25) is 0 Å². The van der Waals surface area contributed by atoms with Crippen LogP contribution in [0, 0.1) is 0 Å². The minimum absolute atomic E-state index is 0.526. The van der Waals surface area contributed by atoms with Crippen LogP contribution in [-0.2, 0) is 5.41 Å². The smallest absolute Gasteiger partial charge is 0.164 e. The molecule has 9 rings (SSSR count). The van der Waals surface area contributed by atoms with Crippen LogP contribution in [0.4, 0.5) is 0 Å². The van der Waals surface area contributed by atoms with Crippen LogP contribution in [0.1, 0.15) is 22.3 Å². The zero-order valence-corrected chi connectivity index (χ0v) is 28.0. The molecule has 2 aromatic heterocycles. The van der Waals surface area contributed by atoms with Crippen molar-refractivity contribution in [2.45, 2.75) is 5.41 Å². The van der Waals surface area contributed by atoms with E-state index in [9.17, 15) is 0 Å². The molecule has 0 atom stereocenters. The first kappa shape index (κ1) is 29.9. The molecule has 0 radical (unpaired) electrons. The Balaban J connectivity index is 1.21.